The number of nitrogens with one attached hydrogen (secondary N) is 5. The van der Waals surface area contributed by atoms with Crippen molar-refractivity contribution in [3.05, 3.63) is 220 Å². The van der Waals surface area contributed by atoms with E-state index >= 15 is 0 Å². The molecule has 18 rings (SSSR count). The van der Waals surface area contributed by atoms with Crippen LogP contribution in [0, 0.1) is 65.5 Å². The number of aromatic amines is 3. The molecule has 4 aliphatic heterocycles. The summed E-state index contributed by atoms with van der Waals surface area (Å²) < 4.78 is 43.7. The molecule has 12 aromatic heterocycles. The number of nitrogens with zero attached hydrogens (tertiary/aromatic N) is 22. The quantitative estimate of drug-likeness (QED) is 0.0533. The van der Waals surface area contributed by atoms with Gasteiger partial charge < -0.3 is 39.7 Å². The van der Waals surface area contributed by atoms with Crippen LogP contribution >= 0.6 is 0 Å². The van der Waals surface area contributed by atoms with Crippen LogP contribution in [0.2, 0.25) is 0 Å². The summed E-state index contributed by atoms with van der Waals surface area (Å²) in [6.07, 6.45) is 23.8. The Kier molecular flexibility index (Phi) is 23.4. The molecule has 2 aliphatic carbocycles. The standard InChI is InChI=1S/C29H34FN9O.C29H35N9O2.C28H32FN9O2/c1-18-13-24(34-25-14-19(2)36-37-25)35-27(33-18)21-7-10-29(11-8-21)9-4-12-38(28(29)40)20(3)22-5-6-26(31-15-22)39-17-23(30)16-32-39;1-19-16-31-38(18-19)26-6-5-23(17-30-26)22(4)37-11-12-40-29(27(37)39)7-9-36(10-8-29)28-32-20(2)13-24(33-28)15-25-14-21(3)34-35-25;1-17-12-23(33-24-13-18(2)35-36-24)34-26(32-17)20-6-8-28(9-7-20)27(39)37(10-11-40-28)19(3)21-4-5-25(30-14-21)38-16-22(29)15-31-38/h5-6,13-17,20-21H,4,7-12H2,1-3H3,(H2,33,34,35,36,37);5-6,13-14,16-18,22H,7-12,15H2,1-4H3,(H,34,35);4-5,12-16,19-20H,6-11H2,1-3H3,(H2,32,33,34,35,36). The van der Waals surface area contributed by atoms with E-state index < -0.39 is 22.8 Å². The number of ether oxygens (including phenoxy) is 2. The van der Waals surface area contributed by atoms with Gasteiger partial charge in [-0.15, -0.1) is 0 Å². The first-order chi connectivity index (χ1) is 57.9. The number of halogens is 2. The highest BCUT2D eigenvalue weighted by molar-refractivity contribution is 5.87. The normalized spacial score (nSPS) is 20.7. The second-order valence-electron chi connectivity index (χ2n) is 32.8. The lowest BCUT2D eigenvalue weighted by Crippen LogP contribution is -2.61. The number of aryl methyl sites for hydroxylation is 7. The molecule has 34 heteroatoms. The van der Waals surface area contributed by atoms with Gasteiger partial charge in [-0.2, -0.15) is 30.6 Å². The van der Waals surface area contributed by atoms with E-state index in [-0.39, 0.29) is 53.1 Å². The van der Waals surface area contributed by atoms with Crippen LogP contribution in [0.1, 0.15) is 207 Å². The van der Waals surface area contributed by atoms with Crippen LogP contribution in [-0.2, 0) is 30.3 Å². The maximum atomic E-state index is 14.0. The summed E-state index contributed by atoms with van der Waals surface area (Å²) in [7, 11) is 0. The van der Waals surface area contributed by atoms with Crippen molar-refractivity contribution in [1.29, 1.82) is 0 Å². The first-order valence-corrected chi connectivity index (χ1v) is 41.3. The zero-order chi connectivity index (χ0) is 83.6. The summed E-state index contributed by atoms with van der Waals surface area (Å²) in [5, 5.41) is 40.5. The van der Waals surface area contributed by atoms with E-state index in [9.17, 15) is 23.2 Å². The molecule has 12 aromatic rings. The molecule has 32 nitrogen and oxygen atoms in total. The largest absolute Gasteiger partial charge is 0.363 e. The zero-order valence-corrected chi connectivity index (χ0v) is 69.3. The predicted octanol–water partition coefficient (Wildman–Crippen LogP) is 12.9. The third-order valence-electron chi connectivity index (χ3n) is 24.2. The molecule has 624 valence electrons. The molecule has 16 heterocycles. The number of amides is 3. The van der Waals surface area contributed by atoms with Crippen LogP contribution in [0.3, 0.4) is 0 Å². The molecule has 3 unspecified atom stereocenters. The van der Waals surface area contributed by atoms with E-state index in [2.05, 4.69) is 90.2 Å². The molecule has 2 saturated carbocycles. The van der Waals surface area contributed by atoms with Crippen molar-refractivity contribution in [3.63, 3.8) is 0 Å². The Morgan fingerprint density at radius 1 is 0.450 bits per heavy atom. The molecule has 0 bridgehead atoms. The molecular weight excluding hydrogens is 1530 g/mol. The van der Waals surface area contributed by atoms with E-state index in [1.807, 2.05) is 149 Å². The van der Waals surface area contributed by atoms with Gasteiger partial charge in [-0.25, -0.2) is 67.7 Å². The smallest absolute Gasteiger partial charge is 0.255 e. The van der Waals surface area contributed by atoms with Gasteiger partial charge in [-0.05, 0) is 186 Å². The van der Waals surface area contributed by atoms with Gasteiger partial charge >= 0.3 is 0 Å². The third kappa shape index (κ3) is 17.8. The maximum absolute atomic E-state index is 14.0. The van der Waals surface area contributed by atoms with Crippen LogP contribution < -0.4 is 15.5 Å². The number of carbonyl (C=O) groups excluding carboxylic acids is 3. The molecule has 5 N–H and O–H groups in total. The molecule has 120 heavy (non-hydrogen) atoms. The highest BCUT2D eigenvalue weighted by atomic mass is 19.1. The second-order valence-corrected chi connectivity index (χ2v) is 32.8. The van der Waals surface area contributed by atoms with Crippen molar-refractivity contribution in [1.82, 2.24) is 119 Å². The minimum absolute atomic E-state index is 0.0179. The van der Waals surface area contributed by atoms with Crippen LogP contribution in [-0.4, -0.2) is 194 Å². The Labute approximate surface area is 693 Å². The van der Waals surface area contributed by atoms with Crippen LogP contribution in [0.4, 0.5) is 38.0 Å². The number of aromatic nitrogens is 21. The monoisotopic (exact) mass is 1630 g/mol. The molecule has 6 aliphatic rings. The van der Waals surface area contributed by atoms with Gasteiger partial charge in [0.2, 0.25) is 11.9 Å². The Balaban J connectivity index is 0.000000134. The average molecular weight is 1630 g/mol. The summed E-state index contributed by atoms with van der Waals surface area (Å²) in [5.74, 6) is 6.83. The number of pyridine rings is 3. The van der Waals surface area contributed by atoms with E-state index in [1.165, 1.54) is 21.8 Å². The Hall–Kier alpha value is -12.5. The van der Waals surface area contributed by atoms with Gasteiger partial charge in [0, 0.05) is 152 Å². The fourth-order valence-electron chi connectivity index (χ4n) is 17.5. The number of H-pyrrole nitrogens is 3. The minimum Gasteiger partial charge on any atom is -0.363 e. The fraction of sp³-hybridized carbons (Fsp3) is 0.442. The topological polar surface area (TPSA) is 362 Å². The predicted molar refractivity (Wildman–Crippen MR) is 442 cm³/mol. The molecule has 3 amide bonds. The summed E-state index contributed by atoms with van der Waals surface area (Å²) in [4.78, 5) is 91.8. The van der Waals surface area contributed by atoms with E-state index in [1.54, 1.807) is 29.3 Å². The van der Waals surface area contributed by atoms with Gasteiger partial charge in [0.1, 0.15) is 34.5 Å². The molecule has 3 atom stereocenters. The number of likely N-dealkylation sites (tertiary alicyclic amines) is 1. The maximum Gasteiger partial charge on any atom is 0.255 e. The average Bonchev–Trinajstić information content (AvgIpc) is 1.03. The lowest BCUT2D eigenvalue weighted by Gasteiger charge is -2.47. The molecular formula is C86H101F2N27O5. The van der Waals surface area contributed by atoms with Crippen LogP contribution in [0.15, 0.2) is 129 Å². The van der Waals surface area contributed by atoms with Crippen molar-refractivity contribution in [2.45, 2.75) is 194 Å². The van der Waals surface area contributed by atoms with E-state index in [0.29, 0.717) is 101 Å². The van der Waals surface area contributed by atoms with Crippen molar-refractivity contribution in [2.24, 2.45) is 5.41 Å². The van der Waals surface area contributed by atoms with Gasteiger partial charge in [-0.1, -0.05) is 18.2 Å². The number of hydrogen-bond acceptors (Lipinski definition) is 23. The minimum atomic E-state index is -0.833. The number of anilines is 5. The summed E-state index contributed by atoms with van der Waals surface area (Å²) in [6.45, 7) is 24.0. The molecule has 3 spiro atoms. The zero-order valence-electron chi connectivity index (χ0n) is 69.3. The third-order valence-corrected chi connectivity index (χ3v) is 24.2. The summed E-state index contributed by atoms with van der Waals surface area (Å²) >= 11 is 0. The number of hydrogen-bond donors (Lipinski definition) is 5. The van der Waals surface area contributed by atoms with Crippen LogP contribution in [0.25, 0.3) is 17.5 Å². The molecule has 0 aromatic carbocycles. The number of morpholine rings is 2. The van der Waals surface area contributed by atoms with E-state index in [0.717, 1.165) is 167 Å². The number of rotatable bonds is 18. The van der Waals surface area contributed by atoms with Gasteiger partial charge in [0.05, 0.1) is 73.7 Å². The van der Waals surface area contributed by atoms with Crippen molar-refractivity contribution in [3.8, 4) is 17.5 Å². The highest BCUT2D eigenvalue weighted by Crippen LogP contribution is 2.50. The lowest BCUT2D eigenvalue weighted by atomic mass is 9.65. The lowest BCUT2D eigenvalue weighted by molar-refractivity contribution is -0.181. The Morgan fingerprint density at radius 2 is 0.900 bits per heavy atom. The van der Waals surface area contributed by atoms with Crippen molar-refractivity contribution in [2.75, 3.05) is 61.5 Å². The Morgan fingerprint density at radius 3 is 1.33 bits per heavy atom. The number of carbonyl (C=O) groups is 3. The first kappa shape index (κ1) is 81.3. The van der Waals surface area contributed by atoms with Gasteiger partial charge in [-0.3, -0.25) is 29.7 Å². The fourth-order valence-corrected chi connectivity index (χ4v) is 17.5. The van der Waals surface area contributed by atoms with Crippen molar-refractivity contribution >= 4 is 46.9 Å². The van der Waals surface area contributed by atoms with Gasteiger partial charge in [0.25, 0.3) is 11.8 Å². The van der Waals surface area contributed by atoms with Gasteiger partial charge in [0.15, 0.2) is 40.7 Å². The molecule has 4 saturated heterocycles. The second kappa shape index (κ2) is 34.5. The SMILES string of the molecule is Cc1cc(Nc2cc(C)[nH]n2)nc(C2CCC3(CC2)OCCN(C(C)c2ccc(-n4cc(F)cn4)nc2)C3=O)n1.Cc1cc(Nc2cc(C)[nH]n2)nc(C2CCC3(CCCN(C(C)c4ccc(-n5cc(F)cn5)nc4)C3=O)CC2)n1.Cc1cnn(-c2ccc(C(C)N3CCOC4(CCN(c5nc(C)cc(Cc6cc(C)[nH]n6)n5)CC4)C3=O)cn2)c1. The number of piperidine rings is 2. The Bertz CT molecular complexity index is 5060. The first-order valence-electron chi connectivity index (χ1n) is 41.3. The highest BCUT2D eigenvalue weighted by Gasteiger charge is 2.52. The molecule has 0 radical (unpaired) electrons. The van der Waals surface area contributed by atoms with E-state index in [4.69, 9.17) is 39.4 Å². The summed E-state index contributed by atoms with van der Waals surface area (Å²) in [6, 6.07) is 22.8. The van der Waals surface area contributed by atoms with Crippen LogP contribution in [0.5, 0.6) is 0 Å². The molecule has 6 fully saturated rings. The van der Waals surface area contributed by atoms with Crippen molar-refractivity contribution < 1.29 is 32.6 Å². The summed E-state index contributed by atoms with van der Waals surface area (Å²) in [5.41, 5.74) is 9.49.